The molecular formula is C12H20N2O2S. The molecule has 4 nitrogen and oxygen atoms in total. The molecule has 0 heterocycles. The Bertz CT molecular complexity index is 438. The zero-order valence-electron chi connectivity index (χ0n) is 10.3. The third-order valence-corrected chi connectivity index (χ3v) is 3.80. The average Bonchev–Trinajstić information content (AvgIpc) is 2.26. The lowest BCUT2D eigenvalue weighted by Gasteiger charge is -2.08. The first-order chi connectivity index (χ1) is 7.89. The van der Waals surface area contributed by atoms with Gasteiger partial charge in [0.05, 0.1) is 5.75 Å². The molecule has 0 radical (unpaired) electrons. The zero-order valence-corrected chi connectivity index (χ0v) is 11.1. The first kappa shape index (κ1) is 14.0. The van der Waals surface area contributed by atoms with Crippen LogP contribution < -0.4 is 10.5 Å². The second-order valence-corrected chi connectivity index (χ2v) is 6.49. The number of hydrogen-bond acceptors (Lipinski definition) is 3. The summed E-state index contributed by atoms with van der Waals surface area (Å²) in [7, 11) is -3.17. The molecule has 0 saturated heterocycles. The normalized spacial score (nSPS) is 11.9. The van der Waals surface area contributed by atoms with Crippen LogP contribution in [0.2, 0.25) is 0 Å². The van der Waals surface area contributed by atoms with Gasteiger partial charge < -0.3 is 5.73 Å². The molecule has 0 spiro atoms. The minimum atomic E-state index is -3.17. The summed E-state index contributed by atoms with van der Waals surface area (Å²) in [5, 5.41) is 0. The number of hydrogen-bond donors (Lipinski definition) is 2. The molecule has 0 atom stereocenters. The Morgan fingerprint density at radius 3 is 2.35 bits per heavy atom. The van der Waals surface area contributed by atoms with Gasteiger partial charge >= 0.3 is 0 Å². The van der Waals surface area contributed by atoms with Gasteiger partial charge in [-0.1, -0.05) is 26.0 Å². The summed E-state index contributed by atoms with van der Waals surface area (Å²) in [4.78, 5) is 0. The topological polar surface area (TPSA) is 72.2 Å². The Morgan fingerprint density at radius 1 is 1.24 bits per heavy atom. The highest BCUT2D eigenvalue weighted by molar-refractivity contribution is 7.89. The summed E-state index contributed by atoms with van der Waals surface area (Å²) in [5.74, 6) is 0.572. The third-order valence-electron chi connectivity index (χ3n) is 2.44. The average molecular weight is 256 g/mol. The van der Waals surface area contributed by atoms with Crippen LogP contribution in [-0.2, 0) is 16.6 Å². The van der Waals surface area contributed by atoms with E-state index in [2.05, 4.69) is 4.72 Å². The number of nitrogen functional groups attached to an aromatic ring is 1. The van der Waals surface area contributed by atoms with Crippen LogP contribution in [0.5, 0.6) is 0 Å². The molecule has 0 aliphatic rings. The van der Waals surface area contributed by atoms with Gasteiger partial charge in [0, 0.05) is 12.2 Å². The summed E-state index contributed by atoms with van der Waals surface area (Å²) >= 11 is 0. The van der Waals surface area contributed by atoms with Gasteiger partial charge in [0.1, 0.15) is 0 Å². The monoisotopic (exact) mass is 256 g/mol. The van der Waals surface area contributed by atoms with Gasteiger partial charge in [0.15, 0.2) is 0 Å². The minimum absolute atomic E-state index is 0.180. The van der Waals surface area contributed by atoms with Crippen LogP contribution in [0, 0.1) is 5.92 Å². The number of benzene rings is 1. The molecule has 0 aliphatic heterocycles. The van der Waals surface area contributed by atoms with E-state index < -0.39 is 10.0 Å². The van der Waals surface area contributed by atoms with Crippen LogP contribution >= 0.6 is 0 Å². The fourth-order valence-corrected chi connectivity index (χ4v) is 2.60. The Hall–Kier alpha value is -1.07. The molecule has 17 heavy (non-hydrogen) atoms. The molecule has 5 heteroatoms. The van der Waals surface area contributed by atoms with Crippen molar-refractivity contribution < 1.29 is 8.42 Å². The van der Waals surface area contributed by atoms with Gasteiger partial charge in [-0.05, 0) is 30.0 Å². The quantitative estimate of drug-likeness (QED) is 0.761. The van der Waals surface area contributed by atoms with Crippen molar-refractivity contribution in [1.29, 1.82) is 0 Å². The molecule has 1 rings (SSSR count). The third kappa shape index (κ3) is 5.70. The molecule has 0 aromatic heterocycles. The van der Waals surface area contributed by atoms with E-state index in [1.165, 1.54) is 0 Å². The van der Waals surface area contributed by atoms with Crippen molar-refractivity contribution in [1.82, 2.24) is 4.72 Å². The molecule has 1 aromatic carbocycles. The fraction of sp³-hybridized carbons (Fsp3) is 0.500. The van der Waals surface area contributed by atoms with Gasteiger partial charge in [-0.25, -0.2) is 13.1 Å². The minimum Gasteiger partial charge on any atom is -0.399 e. The lowest BCUT2D eigenvalue weighted by atomic mass is 10.2. The Morgan fingerprint density at radius 2 is 1.82 bits per heavy atom. The van der Waals surface area contributed by atoms with E-state index in [1.807, 2.05) is 26.0 Å². The van der Waals surface area contributed by atoms with Crippen LogP contribution in [0.3, 0.4) is 0 Å². The predicted molar refractivity (Wildman–Crippen MR) is 70.9 cm³/mol. The summed E-state index contributed by atoms with van der Waals surface area (Å²) in [6, 6.07) is 7.16. The van der Waals surface area contributed by atoms with Crippen molar-refractivity contribution in [2.24, 2.45) is 5.92 Å². The second kappa shape index (κ2) is 6.02. The first-order valence-corrected chi connectivity index (χ1v) is 7.36. The van der Waals surface area contributed by atoms with Gasteiger partial charge in [0.25, 0.3) is 0 Å². The fourth-order valence-electron chi connectivity index (χ4n) is 1.29. The lowest BCUT2D eigenvalue weighted by Crippen LogP contribution is -2.26. The van der Waals surface area contributed by atoms with Crippen molar-refractivity contribution in [2.75, 3.05) is 11.5 Å². The van der Waals surface area contributed by atoms with Gasteiger partial charge in [-0.2, -0.15) is 0 Å². The molecular weight excluding hydrogens is 236 g/mol. The summed E-state index contributed by atoms with van der Waals surface area (Å²) in [6.45, 7) is 4.34. The number of anilines is 1. The van der Waals surface area contributed by atoms with Crippen molar-refractivity contribution in [3.05, 3.63) is 29.8 Å². The summed E-state index contributed by atoms with van der Waals surface area (Å²) in [6.07, 6.45) is 0.678. The van der Waals surface area contributed by atoms with E-state index in [0.717, 1.165) is 5.56 Å². The Labute approximate surface area is 103 Å². The highest BCUT2D eigenvalue weighted by Gasteiger charge is 2.10. The van der Waals surface area contributed by atoms with Crippen LogP contribution in [0.1, 0.15) is 25.8 Å². The van der Waals surface area contributed by atoms with Crippen molar-refractivity contribution in [2.45, 2.75) is 26.8 Å². The smallest absolute Gasteiger partial charge is 0.211 e. The first-order valence-electron chi connectivity index (χ1n) is 5.71. The predicted octanol–water partition coefficient (Wildman–Crippen LogP) is 1.73. The molecule has 1 aromatic rings. The molecule has 3 N–H and O–H groups in total. The molecule has 96 valence electrons. The zero-order chi connectivity index (χ0) is 12.9. The number of rotatable bonds is 6. The van der Waals surface area contributed by atoms with Crippen molar-refractivity contribution in [3.8, 4) is 0 Å². The maximum absolute atomic E-state index is 11.6. The van der Waals surface area contributed by atoms with Crippen molar-refractivity contribution in [3.63, 3.8) is 0 Å². The standard InChI is InChI=1S/C12H20N2O2S/c1-10(2)7-8-17(15,16)14-9-11-3-5-12(13)6-4-11/h3-6,10,14H,7-9,13H2,1-2H3. The van der Waals surface area contributed by atoms with Gasteiger partial charge in [-0.15, -0.1) is 0 Å². The van der Waals surface area contributed by atoms with Gasteiger partial charge in [-0.3, -0.25) is 0 Å². The second-order valence-electron chi connectivity index (χ2n) is 4.56. The highest BCUT2D eigenvalue weighted by atomic mass is 32.2. The van der Waals surface area contributed by atoms with E-state index in [4.69, 9.17) is 5.73 Å². The number of sulfonamides is 1. The van der Waals surface area contributed by atoms with Crippen LogP contribution in [0.25, 0.3) is 0 Å². The molecule has 0 fully saturated rings. The van der Waals surface area contributed by atoms with E-state index in [1.54, 1.807) is 12.1 Å². The lowest BCUT2D eigenvalue weighted by molar-refractivity contribution is 0.561. The SMILES string of the molecule is CC(C)CCS(=O)(=O)NCc1ccc(N)cc1. The van der Waals surface area contributed by atoms with Crippen LogP contribution in [-0.4, -0.2) is 14.2 Å². The van der Waals surface area contributed by atoms with Gasteiger partial charge in [0.2, 0.25) is 10.0 Å². The van der Waals surface area contributed by atoms with E-state index >= 15 is 0 Å². The van der Waals surface area contributed by atoms with Crippen molar-refractivity contribution >= 4 is 15.7 Å². The highest BCUT2D eigenvalue weighted by Crippen LogP contribution is 2.06. The van der Waals surface area contributed by atoms with Crippen LogP contribution in [0.15, 0.2) is 24.3 Å². The molecule has 0 saturated carbocycles. The number of nitrogens with one attached hydrogen (secondary N) is 1. The Balaban J connectivity index is 2.47. The maximum Gasteiger partial charge on any atom is 0.211 e. The summed E-state index contributed by atoms with van der Waals surface area (Å²) in [5.41, 5.74) is 7.14. The molecule has 0 bridgehead atoms. The van der Waals surface area contributed by atoms with E-state index in [9.17, 15) is 8.42 Å². The largest absolute Gasteiger partial charge is 0.399 e. The Kier molecular flexibility index (Phi) is 4.96. The molecule has 0 amide bonds. The summed E-state index contributed by atoms with van der Waals surface area (Å²) < 4.78 is 25.9. The number of nitrogens with two attached hydrogens (primary N) is 1. The van der Waals surface area contributed by atoms with Crippen LogP contribution in [0.4, 0.5) is 5.69 Å². The molecule has 0 aliphatic carbocycles. The van der Waals surface area contributed by atoms with E-state index in [-0.39, 0.29) is 5.75 Å². The van der Waals surface area contributed by atoms with E-state index in [0.29, 0.717) is 24.6 Å². The maximum atomic E-state index is 11.6. The molecule has 0 unspecified atom stereocenters.